The summed E-state index contributed by atoms with van der Waals surface area (Å²) in [7, 11) is 0. The van der Waals surface area contributed by atoms with Crippen LogP contribution in [0, 0.1) is 0 Å². The molecule has 1 amide bonds. The molecule has 5 nitrogen and oxygen atoms in total. The molecule has 12 heteroatoms. The predicted molar refractivity (Wildman–Crippen MR) is 108 cm³/mol. The number of carbonyl (C=O) groups excluding carboxylic acids is 1. The van der Waals surface area contributed by atoms with E-state index in [1.165, 1.54) is 18.2 Å². The molecule has 1 atom stereocenters. The van der Waals surface area contributed by atoms with E-state index in [1.807, 2.05) is 5.32 Å². The SMILES string of the molecule is O=C(NC(c1cc(Cl)c(Cl)c(Cl)c1)C(F)(F)F)c1cc2cc(C(=O)O)c(Cl)cc2[nH]1. The third kappa shape index (κ3) is 4.46. The maximum absolute atomic E-state index is 13.6. The Bertz CT molecular complexity index is 1150. The summed E-state index contributed by atoms with van der Waals surface area (Å²) in [4.78, 5) is 26.3. The van der Waals surface area contributed by atoms with Crippen molar-refractivity contribution in [1.29, 1.82) is 0 Å². The number of aromatic carboxylic acids is 1. The maximum atomic E-state index is 13.6. The number of amides is 1. The molecule has 0 aliphatic heterocycles. The number of fused-ring (bicyclic) bond motifs is 1. The lowest BCUT2D eigenvalue weighted by Crippen LogP contribution is -2.38. The standard InChI is InChI=1S/C18H9Cl4F3N2O3/c19-9-5-12-6(1-8(9)17(29)30)4-13(26-12)16(28)27-15(18(23,24)25)7-2-10(20)14(22)11(21)3-7/h1-5,15,26H,(H,27,28)(H,29,30). The van der Waals surface area contributed by atoms with Gasteiger partial charge in [0.1, 0.15) is 5.69 Å². The molecule has 2 aromatic carbocycles. The van der Waals surface area contributed by atoms with E-state index in [1.54, 1.807) is 0 Å². The van der Waals surface area contributed by atoms with Gasteiger partial charge in [0.05, 0.1) is 25.7 Å². The van der Waals surface area contributed by atoms with Crippen molar-refractivity contribution in [3.05, 3.63) is 67.2 Å². The van der Waals surface area contributed by atoms with Crippen molar-refractivity contribution >= 4 is 69.2 Å². The maximum Gasteiger partial charge on any atom is 0.412 e. The second kappa shape index (κ2) is 8.19. The van der Waals surface area contributed by atoms with Crippen molar-refractivity contribution in [2.45, 2.75) is 12.2 Å². The molecule has 0 saturated heterocycles. The molecule has 1 heterocycles. The first-order chi connectivity index (χ1) is 13.9. The fourth-order valence-corrected chi connectivity index (χ4v) is 3.60. The molecule has 0 fully saturated rings. The molecule has 3 rings (SSSR count). The Morgan fingerprint density at radius 1 is 0.967 bits per heavy atom. The summed E-state index contributed by atoms with van der Waals surface area (Å²) >= 11 is 23.3. The number of hydrogen-bond acceptors (Lipinski definition) is 2. The van der Waals surface area contributed by atoms with E-state index in [-0.39, 0.29) is 42.3 Å². The number of H-pyrrole nitrogens is 1. The highest BCUT2D eigenvalue weighted by Gasteiger charge is 2.42. The number of rotatable bonds is 4. The lowest BCUT2D eigenvalue weighted by atomic mass is 10.1. The van der Waals surface area contributed by atoms with E-state index in [2.05, 4.69) is 4.98 Å². The minimum Gasteiger partial charge on any atom is -0.478 e. The van der Waals surface area contributed by atoms with Crippen LogP contribution in [0.4, 0.5) is 13.2 Å². The zero-order valence-electron chi connectivity index (χ0n) is 14.4. The smallest absolute Gasteiger partial charge is 0.412 e. The zero-order valence-corrected chi connectivity index (χ0v) is 17.4. The highest BCUT2D eigenvalue weighted by atomic mass is 35.5. The molecular formula is C18H9Cl4F3N2O3. The molecule has 0 aliphatic rings. The van der Waals surface area contributed by atoms with Crippen molar-refractivity contribution in [3.63, 3.8) is 0 Å². The average molecular weight is 500 g/mol. The van der Waals surface area contributed by atoms with Gasteiger partial charge in [-0.1, -0.05) is 46.4 Å². The Morgan fingerprint density at radius 2 is 1.57 bits per heavy atom. The third-order valence-corrected chi connectivity index (χ3v) is 5.64. The highest BCUT2D eigenvalue weighted by molar-refractivity contribution is 6.48. The van der Waals surface area contributed by atoms with Crippen LogP contribution in [-0.4, -0.2) is 28.1 Å². The normalized spacial score (nSPS) is 12.8. The monoisotopic (exact) mass is 498 g/mol. The van der Waals surface area contributed by atoms with Gasteiger partial charge in [-0.25, -0.2) is 4.79 Å². The van der Waals surface area contributed by atoms with Crippen LogP contribution >= 0.6 is 46.4 Å². The van der Waals surface area contributed by atoms with Crippen molar-refractivity contribution in [2.24, 2.45) is 0 Å². The van der Waals surface area contributed by atoms with Gasteiger partial charge < -0.3 is 15.4 Å². The first kappa shape index (κ1) is 22.6. The van der Waals surface area contributed by atoms with Crippen LogP contribution in [0.2, 0.25) is 20.1 Å². The number of halogens is 7. The van der Waals surface area contributed by atoms with Gasteiger partial charge in [-0.05, 0) is 35.9 Å². The fraction of sp³-hybridized carbons (Fsp3) is 0.111. The summed E-state index contributed by atoms with van der Waals surface area (Å²) in [5.41, 5.74) is -0.586. The first-order valence-electron chi connectivity index (χ1n) is 7.96. The molecule has 1 unspecified atom stereocenters. The zero-order chi connectivity index (χ0) is 22.4. The van der Waals surface area contributed by atoms with E-state index in [4.69, 9.17) is 51.5 Å². The number of alkyl halides is 3. The van der Waals surface area contributed by atoms with Gasteiger partial charge in [-0.2, -0.15) is 13.2 Å². The Balaban J connectivity index is 1.98. The molecule has 3 N–H and O–H groups in total. The van der Waals surface area contributed by atoms with Crippen LogP contribution in [0.25, 0.3) is 10.9 Å². The van der Waals surface area contributed by atoms with E-state index in [0.29, 0.717) is 0 Å². The van der Waals surface area contributed by atoms with Crippen LogP contribution in [-0.2, 0) is 0 Å². The number of nitrogens with one attached hydrogen (secondary N) is 2. The quantitative estimate of drug-likeness (QED) is 0.358. The Labute approximate surface area is 186 Å². The summed E-state index contributed by atoms with van der Waals surface area (Å²) in [6.07, 6.45) is -4.87. The lowest BCUT2D eigenvalue weighted by molar-refractivity contribution is -0.155. The van der Waals surface area contributed by atoms with Crippen LogP contribution < -0.4 is 5.32 Å². The fourth-order valence-electron chi connectivity index (χ4n) is 2.75. The third-order valence-electron chi connectivity index (χ3n) is 4.13. The first-order valence-corrected chi connectivity index (χ1v) is 9.47. The summed E-state index contributed by atoms with van der Waals surface area (Å²) in [5.74, 6) is -2.38. The number of carboxylic acids is 1. The number of carboxylic acid groups (broad SMARTS) is 1. The number of aromatic nitrogens is 1. The molecule has 0 bridgehead atoms. The molecule has 1 aromatic heterocycles. The van der Waals surface area contributed by atoms with E-state index in [0.717, 1.165) is 12.1 Å². The van der Waals surface area contributed by atoms with Crippen molar-refractivity contribution < 1.29 is 27.9 Å². The molecule has 0 saturated carbocycles. The molecule has 0 spiro atoms. The minimum atomic E-state index is -4.87. The Morgan fingerprint density at radius 3 is 2.10 bits per heavy atom. The molecule has 3 aromatic rings. The largest absolute Gasteiger partial charge is 0.478 e. The Hall–Kier alpha value is -2.13. The van der Waals surface area contributed by atoms with Crippen molar-refractivity contribution in [2.75, 3.05) is 0 Å². The topological polar surface area (TPSA) is 82.2 Å². The van der Waals surface area contributed by atoms with Crippen molar-refractivity contribution in [3.8, 4) is 0 Å². The number of hydrogen-bond donors (Lipinski definition) is 3. The van der Waals surface area contributed by atoms with Gasteiger partial charge in [-0.15, -0.1) is 0 Å². The molecule has 0 aliphatic carbocycles. The summed E-state index contributed by atoms with van der Waals surface area (Å²) in [6, 6.07) is 3.16. The molecule has 30 heavy (non-hydrogen) atoms. The number of carbonyl (C=O) groups is 2. The molecule has 158 valence electrons. The van der Waals surface area contributed by atoms with Gasteiger partial charge in [-0.3, -0.25) is 4.79 Å². The predicted octanol–water partition coefficient (Wildman–Crippen LogP) is 6.51. The van der Waals surface area contributed by atoms with Gasteiger partial charge in [0, 0.05) is 10.9 Å². The van der Waals surface area contributed by atoms with Crippen LogP contribution in [0.1, 0.15) is 32.5 Å². The lowest BCUT2D eigenvalue weighted by Gasteiger charge is -2.22. The van der Waals surface area contributed by atoms with Crippen LogP contribution in [0.15, 0.2) is 30.3 Å². The Kier molecular flexibility index (Phi) is 6.15. The van der Waals surface area contributed by atoms with Crippen LogP contribution in [0.5, 0.6) is 0 Å². The summed E-state index contributed by atoms with van der Waals surface area (Å²) in [5, 5.41) is 10.6. The van der Waals surface area contributed by atoms with E-state index < -0.39 is 29.7 Å². The van der Waals surface area contributed by atoms with Crippen molar-refractivity contribution in [1.82, 2.24) is 10.3 Å². The summed E-state index contributed by atoms with van der Waals surface area (Å²) in [6.45, 7) is 0. The molecule has 0 radical (unpaired) electrons. The highest BCUT2D eigenvalue weighted by Crippen LogP contribution is 2.39. The van der Waals surface area contributed by atoms with Crippen LogP contribution in [0.3, 0.4) is 0 Å². The van der Waals surface area contributed by atoms with Gasteiger partial charge in [0.15, 0.2) is 6.04 Å². The summed E-state index contributed by atoms with van der Waals surface area (Å²) < 4.78 is 40.9. The second-order valence-electron chi connectivity index (χ2n) is 6.15. The van der Waals surface area contributed by atoms with E-state index in [9.17, 15) is 22.8 Å². The van der Waals surface area contributed by atoms with E-state index >= 15 is 0 Å². The number of benzene rings is 2. The number of aromatic amines is 1. The second-order valence-corrected chi connectivity index (χ2v) is 7.75. The van der Waals surface area contributed by atoms with Gasteiger partial charge in [0.2, 0.25) is 0 Å². The van der Waals surface area contributed by atoms with Gasteiger partial charge >= 0.3 is 12.1 Å². The van der Waals surface area contributed by atoms with Gasteiger partial charge in [0.25, 0.3) is 5.91 Å². The average Bonchev–Trinajstić information content (AvgIpc) is 3.04. The molecular weight excluding hydrogens is 491 g/mol. The minimum absolute atomic E-state index is 0.0950.